The van der Waals surface area contributed by atoms with Crippen molar-refractivity contribution in [1.29, 1.82) is 0 Å². The maximum Gasteiger partial charge on any atom is 0.279 e. The van der Waals surface area contributed by atoms with Crippen molar-refractivity contribution in [3.05, 3.63) is 42.4 Å². The van der Waals surface area contributed by atoms with Crippen LogP contribution in [0.4, 0.5) is 10.2 Å². The number of alkyl halides is 1. The van der Waals surface area contributed by atoms with Gasteiger partial charge in [-0.05, 0) is 31.0 Å². The fraction of sp³-hybridized carbons (Fsp3) is 0.381. The maximum atomic E-state index is 12.7. The van der Waals surface area contributed by atoms with E-state index in [1.807, 2.05) is 31.4 Å². The predicted octanol–water partition coefficient (Wildman–Crippen LogP) is 1.88. The number of halogens is 1. The van der Waals surface area contributed by atoms with Crippen molar-refractivity contribution >= 4 is 22.6 Å². The quantitative estimate of drug-likeness (QED) is 0.473. The zero-order chi connectivity index (χ0) is 22.8. The second kappa shape index (κ2) is 8.98. The highest BCUT2D eigenvalue weighted by atomic mass is 19.1. The number of hydrogen-bond acceptors (Lipinski definition) is 8. The van der Waals surface area contributed by atoms with E-state index < -0.39 is 5.91 Å². The number of anilines is 1. The summed E-state index contributed by atoms with van der Waals surface area (Å²) in [4.78, 5) is 14.8. The maximum absolute atomic E-state index is 12.7. The second-order valence-corrected chi connectivity index (χ2v) is 8.08. The number of aromatic nitrogens is 8. The third-order valence-electron chi connectivity index (χ3n) is 5.80. The Bertz CT molecular complexity index is 1280. The average molecular weight is 450 g/mol. The van der Waals surface area contributed by atoms with Gasteiger partial charge in [-0.3, -0.25) is 9.48 Å². The smallest absolute Gasteiger partial charge is 0.279 e. The van der Waals surface area contributed by atoms with Gasteiger partial charge in [0.2, 0.25) is 0 Å². The molecule has 4 heterocycles. The molecule has 1 aliphatic heterocycles. The van der Waals surface area contributed by atoms with Gasteiger partial charge in [0.15, 0.2) is 11.5 Å². The average Bonchev–Trinajstić information content (AvgIpc) is 3.49. The van der Waals surface area contributed by atoms with Gasteiger partial charge in [-0.25, -0.2) is 9.07 Å². The van der Waals surface area contributed by atoms with Crippen molar-refractivity contribution in [2.75, 3.05) is 31.6 Å². The van der Waals surface area contributed by atoms with Gasteiger partial charge in [0, 0.05) is 37.6 Å². The summed E-state index contributed by atoms with van der Waals surface area (Å²) in [6.07, 6.45) is 5.15. The Morgan fingerprint density at radius 3 is 2.70 bits per heavy atom. The summed E-state index contributed by atoms with van der Waals surface area (Å²) >= 11 is 0. The third kappa shape index (κ3) is 4.55. The highest BCUT2D eigenvalue weighted by Crippen LogP contribution is 2.24. The Labute approximate surface area is 188 Å². The number of likely N-dealkylation sites (tertiary alicyclic amines) is 1. The van der Waals surface area contributed by atoms with Crippen LogP contribution in [0, 0.1) is 0 Å². The lowest BCUT2D eigenvalue weighted by molar-refractivity contribution is 0.102. The van der Waals surface area contributed by atoms with E-state index in [9.17, 15) is 9.18 Å². The molecule has 33 heavy (non-hydrogen) atoms. The molecule has 0 unspecified atom stereocenters. The molecule has 0 radical (unpaired) electrons. The van der Waals surface area contributed by atoms with Crippen molar-refractivity contribution < 1.29 is 9.18 Å². The molecular weight excluding hydrogens is 427 g/mol. The normalized spacial score (nSPS) is 15.2. The fourth-order valence-electron chi connectivity index (χ4n) is 4.01. The van der Waals surface area contributed by atoms with Gasteiger partial charge >= 0.3 is 0 Å². The number of piperidine rings is 1. The fourth-order valence-corrected chi connectivity index (χ4v) is 4.01. The van der Waals surface area contributed by atoms with E-state index in [0.717, 1.165) is 42.6 Å². The molecule has 170 valence electrons. The van der Waals surface area contributed by atoms with Crippen LogP contribution in [0.5, 0.6) is 0 Å². The van der Waals surface area contributed by atoms with E-state index in [2.05, 4.69) is 41.0 Å². The number of nitrogens with one attached hydrogen (secondary N) is 1. The van der Waals surface area contributed by atoms with Crippen LogP contribution in [0.15, 0.2) is 36.7 Å². The van der Waals surface area contributed by atoms with Gasteiger partial charge in [0.25, 0.3) is 5.91 Å². The summed E-state index contributed by atoms with van der Waals surface area (Å²) in [6, 6.07) is 7.58. The Balaban J connectivity index is 1.28. The minimum Gasteiger partial charge on any atom is -0.304 e. The first-order valence-corrected chi connectivity index (χ1v) is 10.7. The Kier molecular flexibility index (Phi) is 5.73. The molecule has 3 aromatic heterocycles. The lowest BCUT2D eigenvalue weighted by atomic mass is 10.1. The molecule has 0 bridgehead atoms. The molecule has 1 saturated heterocycles. The number of rotatable bonds is 6. The second-order valence-electron chi connectivity index (χ2n) is 8.08. The number of nitrogens with zero attached hydrogens (tertiary/aromatic N) is 9. The Hall–Kier alpha value is -3.80. The predicted molar refractivity (Wildman–Crippen MR) is 118 cm³/mol. The van der Waals surface area contributed by atoms with Crippen molar-refractivity contribution in [3.8, 4) is 11.3 Å². The highest BCUT2D eigenvalue weighted by molar-refractivity contribution is 6.02. The number of aryl methyl sites for hydroxylation is 1. The first-order valence-electron chi connectivity index (χ1n) is 10.7. The van der Waals surface area contributed by atoms with E-state index in [-0.39, 0.29) is 18.4 Å². The standard InChI is InChI=1S/C21H23FN10O/c1-30-12-18(25-28-30)14-2-3-17-15(10-14)11-20(27-24-17)23-21(33)19-13-32(29-26-19)16-4-7-31(8-5-16)9-6-22/h2-3,10-13,16H,4-9H2,1H3,(H,23,27,33). The number of amides is 1. The first-order chi connectivity index (χ1) is 16.1. The van der Waals surface area contributed by atoms with Crippen LogP contribution in [-0.4, -0.2) is 77.3 Å². The minimum absolute atomic E-state index is 0.148. The lowest BCUT2D eigenvalue weighted by Crippen LogP contribution is -2.36. The monoisotopic (exact) mass is 450 g/mol. The summed E-state index contributed by atoms with van der Waals surface area (Å²) in [7, 11) is 1.81. The number of carbonyl (C=O) groups is 1. The van der Waals surface area contributed by atoms with Crippen LogP contribution in [0.3, 0.4) is 0 Å². The first kappa shape index (κ1) is 21.1. The third-order valence-corrected chi connectivity index (χ3v) is 5.80. The minimum atomic E-state index is -0.408. The van der Waals surface area contributed by atoms with Crippen molar-refractivity contribution in [3.63, 3.8) is 0 Å². The molecule has 0 saturated carbocycles. The number of hydrogen-bond donors (Lipinski definition) is 1. The molecule has 0 aliphatic carbocycles. The molecule has 0 spiro atoms. The van der Waals surface area contributed by atoms with Gasteiger partial charge in [-0.15, -0.1) is 20.4 Å². The van der Waals surface area contributed by atoms with E-state index >= 15 is 0 Å². The van der Waals surface area contributed by atoms with Crippen LogP contribution in [0.25, 0.3) is 22.2 Å². The molecular formula is C21H23FN10O. The Morgan fingerprint density at radius 1 is 1.09 bits per heavy atom. The number of carbonyl (C=O) groups excluding carboxylic acids is 1. The summed E-state index contributed by atoms with van der Waals surface area (Å²) in [5, 5.41) is 28.1. The summed E-state index contributed by atoms with van der Waals surface area (Å²) in [5.74, 6) is -0.0901. The van der Waals surface area contributed by atoms with Crippen LogP contribution >= 0.6 is 0 Å². The van der Waals surface area contributed by atoms with Crippen LogP contribution in [0.1, 0.15) is 29.4 Å². The van der Waals surface area contributed by atoms with Crippen molar-refractivity contribution in [1.82, 2.24) is 45.1 Å². The van der Waals surface area contributed by atoms with Crippen LogP contribution < -0.4 is 5.32 Å². The van der Waals surface area contributed by atoms with Gasteiger partial charge in [-0.1, -0.05) is 16.5 Å². The van der Waals surface area contributed by atoms with E-state index in [1.54, 1.807) is 21.6 Å². The number of fused-ring (bicyclic) bond motifs is 1. The zero-order valence-electron chi connectivity index (χ0n) is 18.1. The molecule has 4 aromatic rings. The molecule has 1 amide bonds. The summed E-state index contributed by atoms with van der Waals surface area (Å²) < 4.78 is 15.9. The Morgan fingerprint density at radius 2 is 1.94 bits per heavy atom. The summed E-state index contributed by atoms with van der Waals surface area (Å²) in [6.45, 7) is 1.74. The molecule has 11 nitrogen and oxygen atoms in total. The highest BCUT2D eigenvalue weighted by Gasteiger charge is 2.22. The van der Waals surface area contributed by atoms with Crippen LogP contribution in [-0.2, 0) is 7.05 Å². The van der Waals surface area contributed by atoms with Crippen molar-refractivity contribution in [2.24, 2.45) is 7.05 Å². The SMILES string of the molecule is Cn1cc(-c2ccc3nnc(NC(=O)c4cn(C5CCN(CCF)CC5)nn4)cc3c2)nn1. The van der Waals surface area contributed by atoms with Gasteiger partial charge in [0.1, 0.15) is 12.4 Å². The van der Waals surface area contributed by atoms with E-state index in [1.165, 1.54) is 0 Å². The summed E-state index contributed by atoms with van der Waals surface area (Å²) in [5.41, 5.74) is 2.54. The van der Waals surface area contributed by atoms with E-state index in [4.69, 9.17) is 0 Å². The topological polar surface area (TPSA) is 120 Å². The largest absolute Gasteiger partial charge is 0.304 e. The molecule has 1 aliphatic rings. The van der Waals surface area contributed by atoms with Gasteiger partial charge < -0.3 is 10.2 Å². The van der Waals surface area contributed by atoms with Crippen molar-refractivity contribution in [2.45, 2.75) is 18.9 Å². The molecule has 0 atom stereocenters. The van der Waals surface area contributed by atoms with E-state index in [0.29, 0.717) is 17.9 Å². The molecule has 1 fully saturated rings. The van der Waals surface area contributed by atoms with Crippen LogP contribution in [0.2, 0.25) is 0 Å². The molecule has 1 N–H and O–H groups in total. The van der Waals surface area contributed by atoms with Gasteiger partial charge in [-0.2, -0.15) is 0 Å². The molecule has 5 rings (SSSR count). The molecule has 12 heteroatoms. The molecule has 1 aromatic carbocycles. The zero-order valence-corrected chi connectivity index (χ0v) is 18.1. The lowest BCUT2D eigenvalue weighted by Gasteiger charge is -2.30. The van der Waals surface area contributed by atoms with Gasteiger partial charge in [0.05, 0.1) is 24.0 Å². The number of benzene rings is 1.